The first kappa shape index (κ1) is 15.6. The number of aromatic nitrogens is 2. The molecule has 4 heteroatoms. The molecular formula is C17H25N3O. The zero-order valence-electron chi connectivity index (χ0n) is 13.0. The number of unbranched alkanes of at least 4 members (excludes halogenated alkanes) is 1. The Morgan fingerprint density at radius 2 is 2.19 bits per heavy atom. The predicted molar refractivity (Wildman–Crippen MR) is 85.4 cm³/mol. The quantitative estimate of drug-likeness (QED) is 0.720. The summed E-state index contributed by atoms with van der Waals surface area (Å²) >= 11 is 0. The second-order valence-corrected chi connectivity index (χ2v) is 5.50. The SMILES string of the molecule is CC(C)Oc1cccc(CNCCCCn2ccnc2)c1. The van der Waals surface area contributed by atoms with Crippen LogP contribution < -0.4 is 10.1 Å². The molecule has 2 rings (SSSR count). The van der Waals surface area contributed by atoms with Crippen molar-refractivity contribution in [2.75, 3.05) is 6.54 Å². The summed E-state index contributed by atoms with van der Waals surface area (Å²) in [7, 11) is 0. The molecule has 2 aromatic rings. The van der Waals surface area contributed by atoms with E-state index in [0.29, 0.717) is 0 Å². The molecule has 4 nitrogen and oxygen atoms in total. The highest BCUT2D eigenvalue weighted by Crippen LogP contribution is 2.14. The van der Waals surface area contributed by atoms with Crippen molar-refractivity contribution in [3.63, 3.8) is 0 Å². The second kappa shape index (κ2) is 8.47. The number of nitrogens with zero attached hydrogens (tertiary/aromatic N) is 2. The molecule has 1 heterocycles. The van der Waals surface area contributed by atoms with Gasteiger partial charge in [-0.3, -0.25) is 0 Å². The van der Waals surface area contributed by atoms with Crippen molar-refractivity contribution in [1.82, 2.24) is 14.9 Å². The van der Waals surface area contributed by atoms with Crippen LogP contribution in [0.3, 0.4) is 0 Å². The van der Waals surface area contributed by atoms with E-state index in [1.54, 1.807) is 0 Å². The standard InChI is InChI=1S/C17H25N3O/c1-15(2)21-17-7-5-6-16(12-17)13-18-8-3-4-10-20-11-9-19-14-20/h5-7,9,11-12,14-15,18H,3-4,8,10,13H2,1-2H3. The number of hydrogen-bond acceptors (Lipinski definition) is 3. The van der Waals surface area contributed by atoms with E-state index in [0.717, 1.165) is 25.4 Å². The van der Waals surface area contributed by atoms with Gasteiger partial charge in [0, 0.05) is 25.5 Å². The van der Waals surface area contributed by atoms with Gasteiger partial charge in [-0.1, -0.05) is 12.1 Å². The molecule has 0 saturated carbocycles. The van der Waals surface area contributed by atoms with E-state index < -0.39 is 0 Å². The number of aryl methyl sites for hydroxylation is 1. The maximum Gasteiger partial charge on any atom is 0.120 e. The maximum absolute atomic E-state index is 5.70. The van der Waals surface area contributed by atoms with Crippen LogP contribution in [0, 0.1) is 0 Å². The lowest BCUT2D eigenvalue weighted by Crippen LogP contribution is -2.15. The fraction of sp³-hybridized carbons (Fsp3) is 0.471. The fourth-order valence-electron chi connectivity index (χ4n) is 2.20. The maximum atomic E-state index is 5.70. The molecule has 21 heavy (non-hydrogen) atoms. The predicted octanol–water partition coefficient (Wildman–Crippen LogP) is 3.24. The van der Waals surface area contributed by atoms with Gasteiger partial charge in [-0.15, -0.1) is 0 Å². The molecule has 0 aliphatic heterocycles. The zero-order valence-corrected chi connectivity index (χ0v) is 13.0. The van der Waals surface area contributed by atoms with Gasteiger partial charge in [-0.25, -0.2) is 4.98 Å². The number of hydrogen-bond donors (Lipinski definition) is 1. The number of rotatable bonds is 9. The molecule has 0 amide bonds. The van der Waals surface area contributed by atoms with Crippen molar-refractivity contribution < 1.29 is 4.74 Å². The Morgan fingerprint density at radius 3 is 2.95 bits per heavy atom. The van der Waals surface area contributed by atoms with Crippen molar-refractivity contribution in [3.05, 3.63) is 48.5 Å². The Kier molecular flexibility index (Phi) is 6.28. The molecule has 0 saturated heterocycles. The van der Waals surface area contributed by atoms with E-state index in [2.05, 4.69) is 27.0 Å². The third-order valence-corrected chi connectivity index (χ3v) is 3.18. The van der Waals surface area contributed by atoms with E-state index in [4.69, 9.17) is 4.74 Å². The molecule has 1 aromatic carbocycles. The van der Waals surface area contributed by atoms with Gasteiger partial charge in [0.05, 0.1) is 12.4 Å². The second-order valence-electron chi connectivity index (χ2n) is 5.50. The van der Waals surface area contributed by atoms with Crippen LogP contribution in [-0.4, -0.2) is 22.2 Å². The molecule has 0 radical (unpaired) electrons. The molecule has 1 N–H and O–H groups in total. The Bertz CT molecular complexity index is 509. The van der Waals surface area contributed by atoms with Crippen LogP contribution >= 0.6 is 0 Å². The summed E-state index contributed by atoms with van der Waals surface area (Å²) in [6.07, 6.45) is 8.25. The molecule has 0 aliphatic rings. The van der Waals surface area contributed by atoms with Crippen LogP contribution in [0.2, 0.25) is 0 Å². The van der Waals surface area contributed by atoms with Crippen LogP contribution in [-0.2, 0) is 13.1 Å². The van der Waals surface area contributed by atoms with Crippen molar-refractivity contribution in [1.29, 1.82) is 0 Å². The van der Waals surface area contributed by atoms with Crippen LogP contribution in [0.25, 0.3) is 0 Å². The largest absolute Gasteiger partial charge is 0.491 e. The highest BCUT2D eigenvalue weighted by Gasteiger charge is 1.99. The zero-order chi connectivity index (χ0) is 14.9. The first-order valence-electron chi connectivity index (χ1n) is 7.66. The summed E-state index contributed by atoms with van der Waals surface area (Å²) in [6.45, 7) is 7.06. The Morgan fingerprint density at radius 1 is 1.29 bits per heavy atom. The van der Waals surface area contributed by atoms with Gasteiger partial charge < -0.3 is 14.6 Å². The van der Waals surface area contributed by atoms with Gasteiger partial charge in [-0.2, -0.15) is 0 Å². The molecule has 114 valence electrons. The monoisotopic (exact) mass is 287 g/mol. The van der Waals surface area contributed by atoms with E-state index in [9.17, 15) is 0 Å². The first-order valence-corrected chi connectivity index (χ1v) is 7.66. The molecule has 0 unspecified atom stereocenters. The van der Waals surface area contributed by atoms with Gasteiger partial charge in [0.2, 0.25) is 0 Å². The highest BCUT2D eigenvalue weighted by molar-refractivity contribution is 5.28. The van der Waals surface area contributed by atoms with Gasteiger partial charge in [0.1, 0.15) is 5.75 Å². The van der Waals surface area contributed by atoms with E-state index >= 15 is 0 Å². The summed E-state index contributed by atoms with van der Waals surface area (Å²) in [5.41, 5.74) is 1.27. The number of benzene rings is 1. The summed E-state index contributed by atoms with van der Waals surface area (Å²) in [4.78, 5) is 4.04. The van der Waals surface area contributed by atoms with E-state index in [1.165, 1.54) is 18.4 Å². The minimum atomic E-state index is 0.219. The molecule has 0 fully saturated rings. The average Bonchev–Trinajstić information content (AvgIpc) is 2.95. The minimum absolute atomic E-state index is 0.219. The van der Waals surface area contributed by atoms with E-state index in [-0.39, 0.29) is 6.10 Å². The molecule has 1 aromatic heterocycles. The van der Waals surface area contributed by atoms with Gasteiger partial charge >= 0.3 is 0 Å². The Hall–Kier alpha value is -1.81. The highest BCUT2D eigenvalue weighted by atomic mass is 16.5. The molecule has 0 bridgehead atoms. The molecule has 0 atom stereocenters. The molecular weight excluding hydrogens is 262 g/mol. The third kappa shape index (κ3) is 6.00. The molecule has 0 spiro atoms. The molecule has 0 aliphatic carbocycles. The fourth-order valence-corrected chi connectivity index (χ4v) is 2.20. The van der Waals surface area contributed by atoms with Crippen LogP contribution in [0.5, 0.6) is 5.75 Å². The summed E-state index contributed by atoms with van der Waals surface area (Å²) in [5, 5.41) is 3.48. The lowest BCUT2D eigenvalue weighted by molar-refractivity contribution is 0.242. The van der Waals surface area contributed by atoms with Crippen molar-refractivity contribution >= 4 is 0 Å². The van der Waals surface area contributed by atoms with Gasteiger partial charge in [-0.05, 0) is 50.9 Å². The number of imidazole rings is 1. The lowest BCUT2D eigenvalue weighted by atomic mass is 10.2. The Balaban J connectivity index is 1.62. The lowest BCUT2D eigenvalue weighted by Gasteiger charge is -2.11. The van der Waals surface area contributed by atoms with Gasteiger partial charge in [0.25, 0.3) is 0 Å². The Labute approximate surface area is 127 Å². The minimum Gasteiger partial charge on any atom is -0.491 e. The van der Waals surface area contributed by atoms with Crippen molar-refractivity contribution in [2.45, 2.75) is 45.9 Å². The summed E-state index contributed by atoms with van der Waals surface area (Å²) < 4.78 is 7.82. The number of nitrogens with one attached hydrogen (secondary N) is 1. The third-order valence-electron chi connectivity index (χ3n) is 3.18. The number of ether oxygens (including phenoxy) is 1. The summed E-state index contributed by atoms with van der Waals surface area (Å²) in [5.74, 6) is 0.949. The topological polar surface area (TPSA) is 39.1 Å². The summed E-state index contributed by atoms with van der Waals surface area (Å²) in [6, 6.07) is 8.30. The first-order chi connectivity index (χ1) is 10.2. The normalized spacial score (nSPS) is 11.0. The van der Waals surface area contributed by atoms with Crippen molar-refractivity contribution in [3.8, 4) is 5.75 Å². The van der Waals surface area contributed by atoms with E-state index in [1.807, 2.05) is 44.7 Å². The van der Waals surface area contributed by atoms with Crippen LogP contribution in [0.4, 0.5) is 0 Å². The average molecular weight is 287 g/mol. The van der Waals surface area contributed by atoms with Crippen molar-refractivity contribution in [2.24, 2.45) is 0 Å². The van der Waals surface area contributed by atoms with Crippen LogP contribution in [0.1, 0.15) is 32.3 Å². The van der Waals surface area contributed by atoms with Crippen LogP contribution in [0.15, 0.2) is 43.0 Å². The smallest absolute Gasteiger partial charge is 0.120 e. The van der Waals surface area contributed by atoms with Gasteiger partial charge in [0.15, 0.2) is 0 Å².